The molecule has 1 atom stereocenters. The van der Waals surface area contributed by atoms with Gasteiger partial charge in [0.1, 0.15) is 12.4 Å². The first kappa shape index (κ1) is 14.6. The first-order chi connectivity index (χ1) is 9.47. The lowest BCUT2D eigenvalue weighted by Crippen LogP contribution is -2.33. The van der Waals surface area contributed by atoms with E-state index in [1.807, 2.05) is 0 Å². The van der Waals surface area contributed by atoms with Crippen LogP contribution in [0.3, 0.4) is 0 Å². The number of ether oxygens (including phenoxy) is 2. The van der Waals surface area contributed by atoms with Crippen LogP contribution in [0, 0.1) is 0 Å². The largest absolute Gasteiger partial charge is 0.472 e. The van der Waals surface area contributed by atoms with Crippen LogP contribution in [-0.4, -0.2) is 31.6 Å². The van der Waals surface area contributed by atoms with E-state index in [0.717, 1.165) is 0 Å². The van der Waals surface area contributed by atoms with E-state index in [1.54, 1.807) is 6.07 Å². The molecular weight excluding hydrogens is 278 g/mol. The van der Waals surface area contributed by atoms with E-state index in [-0.39, 0.29) is 11.8 Å². The maximum Gasteiger partial charge on any atom is 0.461 e. The first-order valence-electron chi connectivity index (χ1n) is 5.98. The SMILES string of the molecule is FC(F)C(F)(F)Oc1cccc(CCC2CO[C]=N2)c1. The molecule has 7 heteroatoms. The second-order valence-corrected chi connectivity index (χ2v) is 4.34. The molecule has 0 saturated heterocycles. The summed E-state index contributed by atoms with van der Waals surface area (Å²) in [5, 5.41) is 0. The second-order valence-electron chi connectivity index (χ2n) is 4.34. The molecule has 109 valence electrons. The standard InChI is InChI=1S/C13H12F4NO2/c14-12(15)13(16,17)20-11-3-1-2-9(6-11)4-5-10-7-19-8-18-10/h1-3,6,10,12H,4-5,7H2. The number of hydrogen-bond acceptors (Lipinski definition) is 3. The minimum atomic E-state index is -4.49. The quantitative estimate of drug-likeness (QED) is 0.753. The Morgan fingerprint density at radius 2 is 2.25 bits per heavy atom. The van der Waals surface area contributed by atoms with Gasteiger partial charge in [-0.05, 0) is 30.5 Å². The highest BCUT2D eigenvalue weighted by Crippen LogP contribution is 2.28. The number of aryl methyl sites for hydroxylation is 1. The molecule has 1 aromatic rings. The van der Waals surface area contributed by atoms with Crippen molar-refractivity contribution < 1.29 is 27.0 Å². The van der Waals surface area contributed by atoms with Gasteiger partial charge in [0.25, 0.3) is 6.40 Å². The molecule has 0 fully saturated rings. The van der Waals surface area contributed by atoms with E-state index in [0.29, 0.717) is 25.0 Å². The normalized spacial score (nSPS) is 18.4. The van der Waals surface area contributed by atoms with Gasteiger partial charge in [-0.15, -0.1) is 0 Å². The van der Waals surface area contributed by atoms with E-state index in [4.69, 9.17) is 4.74 Å². The summed E-state index contributed by atoms with van der Waals surface area (Å²) >= 11 is 0. The molecule has 1 aliphatic rings. The van der Waals surface area contributed by atoms with Crippen molar-refractivity contribution in [3.05, 3.63) is 29.8 Å². The minimum absolute atomic E-state index is 0.0120. The van der Waals surface area contributed by atoms with E-state index in [2.05, 4.69) is 16.1 Å². The van der Waals surface area contributed by atoms with Crippen LogP contribution in [0.15, 0.2) is 29.3 Å². The van der Waals surface area contributed by atoms with Crippen molar-refractivity contribution in [2.75, 3.05) is 6.61 Å². The van der Waals surface area contributed by atoms with Crippen LogP contribution in [0.2, 0.25) is 0 Å². The molecule has 3 nitrogen and oxygen atoms in total. The molecule has 1 heterocycles. The fourth-order valence-corrected chi connectivity index (χ4v) is 1.73. The van der Waals surface area contributed by atoms with Gasteiger partial charge in [-0.3, -0.25) is 0 Å². The Kier molecular flexibility index (Phi) is 4.46. The van der Waals surface area contributed by atoms with Crippen molar-refractivity contribution in [1.82, 2.24) is 0 Å². The average Bonchev–Trinajstić information content (AvgIpc) is 2.89. The molecule has 0 N–H and O–H groups in total. The molecule has 2 rings (SSSR count). The third-order valence-electron chi connectivity index (χ3n) is 2.75. The van der Waals surface area contributed by atoms with Crippen LogP contribution in [0.4, 0.5) is 17.6 Å². The van der Waals surface area contributed by atoms with Crippen molar-refractivity contribution >= 4 is 6.40 Å². The predicted molar refractivity (Wildman–Crippen MR) is 63.5 cm³/mol. The zero-order valence-corrected chi connectivity index (χ0v) is 10.4. The number of halogens is 4. The van der Waals surface area contributed by atoms with Gasteiger partial charge in [0.05, 0.1) is 6.04 Å². The predicted octanol–water partition coefficient (Wildman–Crippen LogP) is 3.16. The third kappa shape index (κ3) is 3.85. The fourth-order valence-electron chi connectivity index (χ4n) is 1.73. The van der Waals surface area contributed by atoms with Gasteiger partial charge in [0.15, 0.2) is 0 Å². The second kappa shape index (κ2) is 6.11. The molecule has 1 aromatic carbocycles. The maximum atomic E-state index is 12.8. The molecule has 0 spiro atoms. The highest BCUT2D eigenvalue weighted by molar-refractivity contribution is 5.48. The van der Waals surface area contributed by atoms with Gasteiger partial charge in [-0.2, -0.15) is 17.6 Å². The Bertz CT molecular complexity index is 479. The van der Waals surface area contributed by atoms with Crippen LogP contribution in [0.25, 0.3) is 0 Å². The summed E-state index contributed by atoms with van der Waals surface area (Å²) in [6.07, 6.45) is -4.77. The van der Waals surface area contributed by atoms with Gasteiger partial charge in [-0.1, -0.05) is 12.1 Å². The topological polar surface area (TPSA) is 30.8 Å². The number of alkyl halides is 4. The zero-order chi connectivity index (χ0) is 14.6. The maximum absolute atomic E-state index is 12.8. The van der Waals surface area contributed by atoms with Gasteiger partial charge >= 0.3 is 12.5 Å². The fraction of sp³-hybridized carbons (Fsp3) is 0.462. The van der Waals surface area contributed by atoms with Crippen LogP contribution >= 0.6 is 0 Å². The van der Waals surface area contributed by atoms with Gasteiger partial charge in [-0.25, -0.2) is 4.99 Å². The summed E-state index contributed by atoms with van der Waals surface area (Å²) in [4.78, 5) is 3.93. The first-order valence-corrected chi connectivity index (χ1v) is 5.98. The van der Waals surface area contributed by atoms with Crippen molar-refractivity contribution in [1.29, 1.82) is 0 Å². The lowest BCUT2D eigenvalue weighted by molar-refractivity contribution is -0.253. The molecule has 0 aliphatic carbocycles. The number of aliphatic imine (C=N–C) groups is 1. The van der Waals surface area contributed by atoms with Crippen LogP contribution in [0.5, 0.6) is 5.75 Å². The van der Waals surface area contributed by atoms with Crippen LogP contribution in [-0.2, 0) is 11.2 Å². The van der Waals surface area contributed by atoms with E-state index >= 15 is 0 Å². The monoisotopic (exact) mass is 290 g/mol. The summed E-state index contributed by atoms with van der Waals surface area (Å²) in [5.41, 5.74) is 0.703. The molecule has 1 radical (unpaired) electrons. The summed E-state index contributed by atoms with van der Waals surface area (Å²) in [6.45, 7) is 0.444. The van der Waals surface area contributed by atoms with Crippen LogP contribution in [0.1, 0.15) is 12.0 Å². The molecule has 20 heavy (non-hydrogen) atoms. The van der Waals surface area contributed by atoms with Gasteiger partial charge in [0, 0.05) is 0 Å². The molecule has 0 saturated carbocycles. The van der Waals surface area contributed by atoms with E-state index in [9.17, 15) is 17.6 Å². The molecule has 0 aromatic heterocycles. The van der Waals surface area contributed by atoms with Crippen molar-refractivity contribution in [3.8, 4) is 5.75 Å². The van der Waals surface area contributed by atoms with Crippen molar-refractivity contribution in [2.45, 2.75) is 31.4 Å². The lowest BCUT2D eigenvalue weighted by atomic mass is 10.1. The van der Waals surface area contributed by atoms with Gasteiger partial charge < -0.3 is 9.47 Å². The third-order valence-corrected chi connectivity index (χ3v) is 2.75. The lowest BCUT2D eigenvalue weighted by Gasteiger charge is -2.17. The average molecular weight is 290 g/mol. The number of benzene rings is 1. The van der Waals surface area contributed by atoms with E-state index < -0.39 is 12.5 Å². The Labute approximate surface area is 113 Å². The van der Waals surface area contributed by atoms with Crippen LogP contribution < -0.4 is 4.74 Å². The minimum Gasteiger partial charge on any atom is -0.472 e. The smallest absolute Gasteiger partial charge is 0.461 e. The summed E-state index contributed by atoms with van der Waals surface area (Å²) < 4.78 is 58.5. The Balaban J connectivity index is 1.95. The van der Waals surface area contributed by atoms with Crippen molar-refractivity contribution in [3.63, 3.8) is 0 Å². The molecular formula is C13H12F4NO2. The Morgan fingerprint density at radius 3 is 2.90 bits per heavy atom. The molecule has 0 bridgehead atoms. The Morgan fingerprint density at radius 1 is 1.45 bits per heavy atom. The molecule has 0 amide bonds. The number of rotatable bonds is 6. The van der Waals surface area contributed by atoms with E-state index in [1.165, 1.54) is 18.2 Å². The highest BCUT2D eigenvalue weighted by Gasteiger charge is 2.43. The summed E-state index contributed by atoms with van der Waals surface area (Å²) in [5.74, 6) is -0.287. The number of nitrogens with zero attached hydrogens (tertiary/aromatic N) is 1. The summed E-state index contributed by atoms with van der Waals surface area (Å²) in [7, 11) is 0. The van der Waals surface area contributed by atoms with Crippen molar-refractivity contribution in [2.24, 2.45) is 4.99 Å². The molecule has 1 unspecified atom stereocenters. The Hall–Kier alpha value is -1.79. The zero-order valence-electron chi connectivity index (χ0n) is 10.4. The number of hydrogen-bond donors (Lipinski definition) is 0. The highest BCUT2D eigenvalue weighted by atomic mass is 19.3. The van der Waals surface area contributed by atoms with Gasteiger partial charge in [0.2, 0.25) is 0 Å². The molecule has 1 aliphatic heterocycles. The summed E-state index contributed by atoms with van der Waals surface area (Å²) in [6, 6.07) is 5.70.